The molecule has 0 fully saturated rings. The second-order valence-corrected chi connectivity index (χ2v) is 2.44. The van der Waals surface area contributed by atoms with Crippen LogP contribution in [0.15, 0.2) is 18.2 Å². The topological polar surface area (TPSA) is 67.2 Å². The van der Waals surface area contributed by atoms with Crippen molar-refractivity contribution in [3.05, 3.63) is 24.0 Å². The van der Waals surface area contributed by atoms with Gasteiger partial charge in [-0.25, -0.2) is 9.18 Å². The summed E-state index contributed by atoms with van der Waals surface area (Å²) in [6, 6.07) is 3.59. The van der Waals surface area contributed by atoms with Gasteiger partial charge in [-0.15, -0.1) is 0 Å². The fourth-order valence-electron chi connectivity index (χ4n) is 0.818. The van der Waals surface area contributed by atoms with Crippen molar-refractivity contribution in [1.29, 1.82) is 0 Å². The fourth-order valence-corrected chi connectivity index (χ4v) is 0.818. The standard InChI is InChI=1S/C8H10FN3O/c1-11-8(13)12-7-3-2-5(10)4-6(7)9/h2-4H,10H2,1H3,(H2,11,12,13). The molecule has 0 heterocycles. The number of urea groups is 1. The number of rotatable bonds is 1. The summed E-state index contributed by atoms with van der Waals surface area (Å²) in [5.41, 5.74) is 5.75. The lowest BCUT2D eigenvalue weighted by Crippen LogP contribution is -2.24. The Labute approximate surface area is 74.9 Å². The number of anilines is 2. The number of nitrogen functional groups attached to an aromatic ring is 1. The van der Waals surface area contributed by atoms with Gasteiger partial charge < -0.3 is 16.4 Å². The third-order valence-corrected chi connectivity index (χ3v) is 1.47. The lowest BCUT2D eigenvalue weighted by molar-refractivity contribution is 0.254. The number of hydrogen-bond acceptors (Lipinski definition) is 2. The van der Waals surface area contributed by atoms with Gasteiger partial charge in [-0.2, -0.15) is 0 Å². The molecule has 5 heteroatoms. The zero-order chi connectivity index (χ0) is 9.84. The summed E-state index contributed by atoms with van der Waals surface area (Å²) < 4.78 is 13.0. The molecule has 0 aliphatic rings. The van der Waals surface area contributed by atoms with Crippen molar-refractivity contribution < 1.29 is 9.18 Å². The summed E-state index contributed by atoms with van der Waals surface area (Å²) in [5, 5.41) is 4.61. The lowest BCUT2D eigenvalue weighted by atomic mass is 10.3. The van der Waals surface area contributed by atoms with Gasteiger partial charge in [0.05, 0.1) is 5.69 Å². The molecular formula is C8H10FN3O. The number of carbonyl (C=O) groups is 1. The van der Waals surface area contributed by atoms with E-state index in [0.717, 1.165) is 6.07 Å². The first-order valence-corrected chi connectivity index (χ1v) is 3.67. The van der Waals surface area contributed by atoms with Crippen LogP contribution in [0.25, 0.3) is 0 Å². The molecule has 0 saturated carbocycles. The molecule has 0 bridgehead atoms. The molecule has 4 nitrogen and oxygen atoms in total. The van der Waals surface area contributed by atoms with E-state index in [9.17, 15) is 9.18 Å². The summed E-state index contributed by atoms with van der Waals surface area (Å²) in [7, 11) is 1.45. The van der Waals surface area contributed by atoms with E-state index in [-0.39, 0.29) is 5.69 Å². The van der Waals surface area contributed by atoms with Crippen LogP contribution < -0.4 is 16.4 Å². The highest BCUT2D eigenvalue weighted by Gasteiger charge is 2.04. The number of benzene rings is 1. The summed E-state index contributed by atoms with van der Waals surface area (Å²) in [6.07, 6.45) is 0. The van der Waals surface area contributed by atoms with Crippen LogP contribution in [-0.4, -0.2) is 13.1 Å². The zero-order valence-electron chi connectivity index (χ0n) is 7.10. The van der Waals surface area contributed by atoms with E-state index >= 15 is 0 Å². The predicted octanol–water partition coefficient (Wildman–Crippen LogP) is 1.16. The highest BCUT2D eigenvalue weighted by molar-refractivity contribution is 5.89. The van der Waals surface area contributed by atoms with E-state index in [0.29, 0.717) is 5.69 Å². The van der Waals surface area contributed by atoms with E-state index < -0.39 is 11.8 Å². The molecule has 0 atom stereocenters. The van der Waals surface area contributed by atoms with Gasteiger partial charge in [-0.3, -0.25) is 0 Å². The third kappa shape index (κ3) is 2.33. The smallest absolute Gasteiger partial charge is 0.319 e. The van der Waals surface area contributed by atoms with Crippen LogP contribution in [0, 0.1) is 5.82 Å². The number of nitrogens with one attached hydrogen (secondary N) is 2. The second kappa shape index (κ2) is 3.75. The van der Waals surface area contributed by atoms with E-state index in [1.54, 1.807) is 0 Å². The fraction of sp³-hybridized carbons (Fsp3) is 0.125. The Morgan fingerprint density at radius 2 is 2.23 bits per heavy atom. The number of amides is 2. The molecule has 1 aromatic rings. The molecule has 0 radical (unpaired) electrons. The van der Waals surface area contributed by atoms with Crippen LogP contribution in [0.5, 0.6) is 0 Å². The number of carbonyl (C=O) groups excluding carboxylic acids is 1. The van der Waals surface area contributed by atoms with Gasteiger partial charge in [0.15, 0.2) is 0 Å². The molecule has 13 heavy (non-hydrogen) atoms. The van der Waals surface area contributed by atoms with Crippen LogP contribution in [0.1, 0.15) is 0 Å². The van der Waals surface area contributed by atoms with Gasteiger partial charge >= 0.3 is 6.03 Å². The van der Waals surface area contributed by atoms with E-state index in [1.165, 1.54) is 19.2 Å². The summed E-state index contributed by atoms with van der Waals surface area (Å²) in [5.74, 6) is -0.552. The average Bonchev–Trinajstić information content (AvgIpc) is 2.09. The monoisotopic (exact) mass is 183 g/mol. The highest BCUT2D eigenvalue weighted by atomic mass is 19.1. The van der Waals surface area contributed by atoms with Gasteiger partial charge in [-0.05, 0) is 18.2 Å². The van der Waals surface area contributed by atoms with Gasteiger partial charge in [0.2, 0.25) is 0 Å². The van der Waals surface area contributed by atoms with Crippen molar-refractivity contribution in [1.82, 2.24) is 5.32 Å². The quantitative estimate of drug-likeness (QED) is 0.572. The molecule has 1 aromatic carbocycles. The Kier molecular flexibility index (Phi) is 2.69. The van der Waals surface area contributed by atoms with E-state index in [1.807, 2.05) is 0 Å². The van der Waals surface area contributed by atoms with Gasteiger partial charge in [0.1, 0.15) is 5.82 Å². The molecule has 0 saturated heterocycles. The Morgan fingerprint density at radius 1 is 1.54 bits per heavy atom. The highest BCUT2D eigenvalue weighted by Crippen LogP contribution is 2.16. The largest absolute Gasteiger partial charge is 0.399 e. The first-order valence-electron chi connectivity index (χ1n) is 3.67. The van der Waals surface area contributed by atoms with Crippen molar-refractivity contribution in [2.75, 3.05) is 18.1 Å². The van der Waals surface area contributed by atoms with Crippen molar-refractivity contribution in [2.24, 2.45) is 0 Å². The maximum atomic E-state index is 13.0. The maximum absolute atomic E-state index is 13.0. The van der Waals surface area contributed by atoms with Crippen molar-refractivity contribution in [3.63, 3.8) is 0 Å². The Balaban J connectivity index is 2.83. The average molecular weight is 183 g/mol. The van der Waals surface area contributed by atoms with Crippen LogP contribution in [0.4, 0.5) is 20.6 Å². The molecule has 4 N–H and O–H groups in total. The van der Waals surface area contributed by atoms with Gasteiger partial charge in [0.25, 0.3) is 0 Å². The molecule has 70 valence electrons. The molecule has 0 aliphatic heterocycles. The minimum absolute atomic E-state index is 0.105. The Bertz CT molecular complexity index is 327. The van der Waals surface area contributed by atoms with E-state index in [4.69, 9.17) is 5.73 Å². The third-order valence-electron chi connectivity index (χ3n) is 1.47. The number of hydrogen-bond donors (Lipinski definition) is 3. The minimum Gasteiger partial charge on any atom is -0.399 e. The SMILES string of the molecule is CNC(=O)Nc1ccc(N)cc1F. The molecule has 0 aromatic heterocycles. The minimum atomic E-state index is -0.552. The maximum Gasteiger partial charge on any atom is 0.319 e. The molecule has 2 amide bonds. The predicted molar refractivity (Wildman–Crippen MR) is 48.9 cm³/mol. The first kappa shape index (κ1) is 9.31. The molecular weight excluding hydrogens is 173 g/mol. The summed E-state index contributed by atoms with van der Waals surface area (Å²) in [4.78, 5) is 10.8. The van der Waals surface area contributed by atoms with Crippen molar-refractivity contribution >= 4 is 17.4 Å². The number of halogens is 1. The Morgan fingerprint density at radius 3 is 2.77 bits per heavy atom. The normalized spacial score (nSPS) is 9.38. The summed E-state index contributed by atoms with van der Waals surface area (Å²) in [6.45, 7) is 0. The molecule has 0 aliphatic carbocycles. The van der Waals surface area contributed by atoms with Crippen LogP contribution in [0.3, 0.4) is 0 Å². The molecule has 1 rings (SSSR count). The van der Waals surface area contributed by atoms with Crippen molar-refractivity contribution in [3.8, 4) is 0 Å². The van der Waals surface area contributed by atoms with Gasteiger partial charge in [0, 0.05) is 12.7 Å². The van der Waals surface area contributed by atoms with Crippen molar-refractivity contribution in [2.45, 2.75) is 0 Å². The summed E-state index contributed by atoms with van der Waals surface area (Å²) >= 11 is 0. The van der Waals surface area contributed by atoms with Crippen LogP contribution in [-0.2, 0) is 0 Å². The Hall–Kier alpha value is -1.78. The zero-order valence-corrected chi connectivity index (χ0v) is 7.10. The van der Waals surface area contributed by atoms with Gasteiger partial charge in [-0.1, -0.05) is 0 Å². The number of nitrogens with two attached hydrogens (primary N) is 1. The second-order valence-electron chi connectivity index (χ2n) is 2.44. The van der Waals surface area contributed by atoms with Crippen LogP contribution >= 0.6 is 0 Å². The lowest BCUT2D eigenvalue weighted by Gasteiger charge is -2.05. The van der Waals surface area contributed by atoms with E-state index in [2.05, 4.69) is 10.6 Å². The first-order chi connectivity index (χ1) is 6.13. The van der Waals surface area contributed by atoms with Crippen LogP contribution in [0.2, 0.25) is 0 Å². The molecule has 0 unspecified atom stereocenters. The molecule has 0 spiro atoms.